The quantitative estimate of drug-likeness (QED) is 0.0458. The first-order chi connectivity index (χ1) is 20.4. The van der Waals surface area contributed by atoms with Crippen LogP contribution in [0.1, 0.15) is 187 Å². The van der Waals surface area contributed by atoms with Gasteiger partial charge in [0.2, 0.25) is 0 Å². The molecule has 0 saturated carbocycles. The van der Waals surface area contributed by atoms with E-state index in [9.17, 15) is 24.9 Å². The number of carbonyl (C=O) groups is 2. The monoisotopic (exact) mass is 596 g/mol. The first-order valence-corrected chi connectivity index (χ1v) is 18.0. The van der Waals surface area contributed by atoms with Gasteiger partial charge in [-0.05, 0) is 19.3 Å². The molecule has 0 saturated heterocycles. The van der Waals surface area contributed by atoms with Crippen molar-refractivity contribution in [2.75, 3.05) is 0 Å². The van der Waals surface area contributed by atoms with Crippen LogP contribution in [0, 0.1) is 0 Å². The van der Waals surface area contributed by atoms with Crippen molar-refractivity contribution in [1.29, 1.82) is 0 Å². The predicted octanol–water partition coefficient (Wildman–Crippen LogP) is 9.41. The fourth-order valence-corrected chi connectivity index (χ4v) is 5.51. The molecule has 0 spiro atoms. The van der Waals surface area contributed by atoms with Crippen molar-refractivity contribution in [3.8, 4) is 0 Å². The molecular weight excluding hydrogens is 526 g/mol. The van der Waals surface area contributed by atoms with E-state index in [1.54, 1.807) is 6.08 Å². The van der Waals surface area contributed by atoms with Gasteiger partial charge in [-0.2, -0.15) is 0 Å². The average molecular weight is 596 g/mol. The number of hydrogen-bond acceptors (Lipinski definition) is 4. The average Bonchev–Trinajstić information content (AvgIpc) is 2.97. The number of carboxylic acid groups (broad SMARTS) is 1. The predicted molar refractivity (Wildman–Crippen MR) is 177 cm³/mol. The van der Waals surface area contributed by atoms with E-state index in [0.717, 1.165) is 38.5 Å². The summed E-state index contributed by atoms with van der Waals surface area (Å²) < 4.78 is 0. The third kappa shape index (κ3) is 26.2. The zero-order valence-corrected chi connectivity index (χ0v) is 27.6. The molecule has 4 N–H and O–H groups in total. The molecule has 0 unspecified atom stereocenters. The number of carboxylic acids is 1. The van der Waals surface area contributed by atoms with Crippen molar-refractivity contribution in [3.63, 3.8) is 0 Å². The van der Waals surface area contributed by atoms with Crippen LogP contribution >= 0.6 is 0 Å². The van der Waals surface area contributed by atoms with E-state index < -0.39 is 30.1 Å². The highest BCUT2D eigenvalue weighted by atomic mass is 16.4. The Bertz CT molecular complexity index is 638. The number of nitrogens with one attached hydrogen (secondary N) is 1. The number of carbonyl (C=O) groups excluding carboxylic acids is 1. The Labute approximate surface area is 259 Å². The summed E-state index contributed by atoms with van der Waals surface area (Å²) in [6, 6.07) is -1.41. The normalized spacial score (nSPS) is 13.8. The Hall–Kier alpha value is -1.40. The molecule has 6 heteroatoms. The van der Waals surface area contributed by atoms with E-state index in [1.165, 1.54) is 134 Å². The third-order valence-corrected chi connectivity index (χ3v) is 8.36. The number of aliphatic hydroxyl groups is 2. The van der Waals surface area contributed by atoms with Gasteiger partial charge in [-0.25, -0.2) is 4.79 Å². The van der Waals surface area contributed by atoms with Crippen LogP contribution in [0.3, 0.4) is 0 Å². The van der Waals surface area contributed by atoms with Crippen molar-refractivity contribution >= 4 is 11.9 Å². The Morgan fingerprint density at radius 3 is 1.31 bits per heavy atom. The molecule has 0 aliphatic rings. The number of unbranched alkanes of at least 4 members (excludes halogenated alkanes) is 24. The van der Waals surface area contributed by atoms with Gasteiger partial charge in [0, 0.05) is 0 Å². The molecule has 42 heavy (non-hydrogen) atoms. The van der Waals surface area contributed by atoms with Gasteiger partial charge < -0.3 is 20.6 Å². The van der Waals surface area contributed by atoms with Gasteiger partial charge in [0.05, 0.1) is 6.10 Å². The summed E-state index contributed by atoms with van der Waals surface area (Å²) in [4.78, 5) is 24.0. The number of amides is 1. The number of rotatable bonds is 32. The van der Waals surface area contributed by atoms with Gasteiger partial charge in [-0.3, -0.25) is 4.79 Å². The van der Waals surface area contributed by atoms with E-state index >= 15 is 0 Å². The molecule has 0 aliphatic carbocycles. The van der Waals surface area contributed by atoms with Crippen molar-refractivity contribution in [2.24, 2.45) is 0 Å². The Morgan fingerprint density at radius 1 is 0.571 bits per heavy atom. The van der Waals surface area contributed by atoms with Gasteiger partial charge in [-0.15, -0.1) is 0 Å². The second kappa shape index (κ2) is 31.0. The first-order valence-electron chi connectivity index (χ1n) is 18.0. The lowest BCUT2D eigenvalue weighted by Gasteiger charge is -2.21. The van der Waals surface area contributed by atoms with E-state index in [4.69, 9.17) is 0 Å². The fourth-order valence-electron chi connectivity index (χ4n) is 5.51. The molecule has 0 bridgehead atoms. The SMILES string of the molecule is CCCCCCCCCCCCCC/C=C/[C@@H](O)C(=O)N[C@@H](C(=O)O)[C@H](O)CCCCCCCCCCCCCCC. The zero-order valence-electron chi connectivity index (χ0n) is 27.6. The standard InChI is InChI=1S/C36H69NO5/c1-3-5-7-9-11-13-15-17-19-21-23-25-27-29-31-33(39)35(40)37-34(36(41)42)32(38)30-28-26-24-22-20-18-16-14-12-10-8-6-4-2/h29,31-34,38-39H,3-28,30H2,1-2H3,(H,37,40)(H,41,42)/b31-29+/t32-,33-,34-/m1/s1. The lowest BCUT2D eigenvalue weighted by Crippen LogP contribution is -2.51. The molecule has 0 rings (SSSR count). The first kappa shape index (κ1) is 40.6. The maximum Gasteiger partial charge on any atom is 0.328 e. The number of aliphatic hydroxyl groups excluding tert-OH is 2. The molecule has 0 aromatic carbocycles. The summed E-state index contributed by atoms with van der Waals surface area (Å²) in [5.74, 6) is -2.06. The van der Waals surface area contributed by atoms with E-state index in [-0.39, 0.29) is 0 Å². The summed E-state index contributed by atoms with van der Waals surface area (Å²) in [5.41, 5.74) is 0. The zero-order chi connectivity index (χ0) is 31.1. The maximum atomic E-state index is 12.3. The maximum absolute atomic E-state index is 12.3. The number of aliphatic carboxylic acids is 1. The van der Waals surface area contributed by atoms with Crippen LogP contribution in [0.15, 0.2) is 12.2 Å². The van der Waals surface area contributed by atoms with Crippen LogP contribution in [0.5, 0.6) is 0 Å². The van der Waals surface area contributed by atoms with E-state index in [1.807, 2.05) is 0 Å². The lowest BCUT2D eigenvalue weighted by molar-refractivity contribution is -0.146. The second-order valence-corrected chi connectivity index (χ2v) is 12.5. The Morgan fingerprint density at radius 2 is 0.929 bits per heavy atom. The van der Waals surface area contributed by atoms with Gasteiger partial charge in [0.25, 0.3) is 5.91 Å². The molecule has 0 aliphatic heterocycles. The fraction of sp³-hybridized carbons (Fsp3) is 0.889. The van der Waals surface area contributed by atoms with Gasteiger partial charge in [0.15, 0.2) is 12.1 Å². The van der Waals surface area contributed by atoms with E-state index in [2.05, 4.69) is 19.2 Å². The number of allylic oxidation sites excluding steroid dienone is 1. The third-order valence-electron chi connectivity index (χ3n) is 8.36. The van der Waals surface area contributed by atoms with Gasteiger partial charge in [-0.1, -0.05) is 180 Å². The lowest BCUT2D eigenvalue weighted by atomic mass is 10.0. The summed E-state index contributed by atoms with van der Waals surface area (Å²) in [6.45, 7) is 4.49. The second-order valence-electron chi connectivity index (χ2n) is 12.5. The Balaban J connectivity index is 3.88. The smallest absolute Gasteiger partial charge is 0.328 e. The summed E-state index contributed by atoms with van der Waals surface area (Å²) in [5, 5.41) is 32.4. The molecule has 1 amide bonds. The summed E-state index contributed by atoms with van der Waals surface area (Å²) >= 11 is 0. The van der Waals surface area contributed by atoms with Crippen molar-refractivity contribution in [1.82, 2.24) is 5.32 Å². The molecule has 0 heterocycles. The minimum absolute atomic E-state index is 0.319. The van der Waals surface area contributed by atoms with Crippen molar-refractivity contribution in [2.45, 2.75) is 205 Å². The minimum Gasteiger partial charge on any atom is -0.480 e. The highest BCUT2D eigenvalue weighted by Crippen LogP contribution is 2.15. The largest absolute Gasteiger partial charge is 0.480 e. The molecular formula is C36H69NO5. The van der Waals surface area contributed by atoms with Crippen LogP contribution in [0.4, 0.5) is 0 Å². The van der Waals surface area contributed by atoms with E-state index in [0.29, 0.717) is 6.42 Å². The molecule has 3 atom stereocenters. The van der Waals surface area contributed by atoms with Crippen LogP contribution in [0.2, 0.25) is 0 Å². The highest BCUT2D eigenvalue weighted by Gasteiger charge is 2.29. The summed E-state index contributed by atoms with van der Waals surface area (Å²) in [6.07, 6.45) is 32.9. The molecule has 248 valence electrons. The molecule has 6 nitrogen and oxygen atoms in total. The van der Waals surface area contributed by atoms with Gasteiger partial charge >= 0.3 is 5.97 Å². The van der Waals surface area contributed by atoms with Crippen LogP contribution < -0.4 is 5.32 Å². The minimum atomic E-state index is -1.41. The highest BCUT2D eigenvalue weighted by molar-refractivity contribution is 5.87. The van der Waals surface area contributed by atoms with Crippen LogP contribution in [0.25, 0.3) is 0 Å². The van der Waals surface area contributed by atoms with Crippen molar-refractivity contribution in [3.05, 3.63) is 12.2 Å². The Kier molecular flexibility index (Phi) is 30.0. The van der Waals surface area contributed by atoms with Crippen LogP contribution in [-0.2, 0) is 9.59 Å². The topological polar surface area (TPSA) is 107 Å². The molecule has 0 aromatic heterocycles. The van der Waals surface area contributed by atoms with Crippen LogP contribution in [-0.4, -0.2) is 45.4 Å². The molecule has 0 radical (unpaired) electrons. The summed E-state index contributed by atoms with van der Waals surface area (Å²) in [7, 11) is 0. The molecule has 0 aromatic rings. The van der Waals surface area contributed by atoms with Crippen molar-refractivity contribution < 1.29 is 24.9 Å². The number of hydrogen-bond donors (Lipinski definition) is 4. The van der Waals surface area contributed by atoms with Gasteiger partial charge in [0.1, 0.15) is 0 Å². The molecule has 0 fully saturated rings.